The number of amides is 2. The summed E-state index contributed by atoms with van der Waals surface area (Å²) in [6.45, 7) is 2.60. The summed E-state index contributed by atoms with van der Waals surface area (Å²) in [5, 5.41) is 3.53. The van der Waals surface area contributed by atoms with E-state index in [4.69, 9.17) is 16.3 Å². The average molecular weight is 414 g/mol. The minimum Gasteiger partial charge on any atom is -0.481 e. The van der Waals surface area contributed by atoms with Crippen molar-refractivity contribution in [1.82, 2.24) is 10.2 Å². The first kappa shape index (κ1) is 19.7. The summed E-state index contributed by atoms with van der Waals surface area (Å²) in [4.78, 5) is 28.8. The van der Waals surface area contributed by atoms with Gasteiger partial charge >= 0.3 is 0 Å². The fourth-order valence-electron chi connectivity index (χ4n) is 3.94. The first-order chi connectivity index (χ1) is 14.0. The molecule has 2 amide bonds. The van der Waals surface area contributed by atoms with Crippen LogP contribution in [0.3, 0.4) is 0 Å². The molecule has 2 aromatic rings. The SMILES string of the molecule is CN1C(=O)COc2c(C(=O)NC3CCCN(Cc4ccccc4)C3)cc(Cl)cc21. The lowest BCUT2D eigenvalue weighted by atomic mass is 10.0. The molecular weight excluding hydrogens is 390 g/mol. The number of halogens is 1. The van der Waals surface area contributed by atoms with Crippen LogP contribution in [0.15, 0.2) is 42.5 Å². The number of hydrogen-bond acceptors (Lipinski definition) is 4. The summed E-state index contributed by atoms with van der Waals surface area (Å²) in [7, 11) is 1.66. The molecule has 29 heavy (non-hydrogen) atoms. The zero-order valence-electron chi connectivity index (χ0n) is 16.4. The van der Waals surface area contributed by atoms with Crippen LogP contribution in [-0.4, -0.2) is 49.5 Å². The Morgan fingerprint density at radius 2 is 2.07 bits per heavy atom. The fourth-order valence-corrected chi connectivity index (χ4v) is 4.15. The monoisotopic (exact) mass is 413 g/mol. The Morgan fingerprint density at radius 3 is 2.86 bits per heavy atom. The summed E-state index contributed by atoms with van der Waals surface area (Å²) in [5.41, 5.74) is 2.16. The summed E-state index contributed by atoms with van der Waals surface area (Å²) in [6, 6.07) is 13.6. The molecule has 1 atom stereocenters. The molecule has 152 valence electrons. The lowest BCUT2D eigenvalue weighted by Crippen LogP contribution is -2.47. The van der Waals surface area contributed by atoms with Crippen molar-refractivity contribution in [2.75, 3.05) is 31.6 Å². The van der Waals surface area contributed by atoms with E-state index in [1.165, 1.54) is 10.5 Å². The number of anilines is 1. The van der Waals surface area contributed by atoms with Gasteiger partial charge in [0.2, 0.25) is 0 Å². The van der Waals surface area contributed by atoms with Crippen molar-refractivity contribution in [2.45, 2.75) is 25.4 Å². The highest BCUT2D eigenvalue weighted by Gasteiger charge is 2.29. The quantitative estimate of drug-likeness (QED) is 0.836. The molecule has 7 heteroatoms. The maximum Gasteiger partial charge on any atom is 0.264 e. The van der Waals surface area contributed by atoms with E-state index >= 15 is 0 Å². The molecule has 0 aromatic heterocycles. The van der Waals surface area contributed by atoms with Gasteiger partial charge in [0, 0.05) is 31.2 Å². The molecule has 2 aliphatic rings. The van der Waals surface area contributed by atoms with Gasteiger partial charge in [-0.15, -0.1) is 0 Å². The second kappa shape index (κ2) is 8.43. The van der Waals surface area contributed by atoms with Gasteiger partial charge in [0.05, 0.1) is 11.3 Å². The van der Waals surface area contributed by atoms with Gasteiger partial charge in [0.25, 0.3) is 11.8 Å². The molecule has 0 aliphatic carbocycles. The van der Waals surface area contributed by atoms with Crippen LogP contribution in [0.25, 0.3) is 0 Å². The van der Waals surface area contributed by atoms with Crippen molar-refractivity contribution >= 4 is 29.1 Å². The second-order valence-electron chi connectivity index (χ2n) is 7.58. The Morgan fingerprint density at radius 1 is 1.28 bits per heavy atom. The first-order valence-electron chi connectivity index (χ1n) is 9.81. The average Bonchev–Trinajstić information content (AvgIpc) is 2.71. The third-order valence-electron chi connectivity index (χ3n) is 5.44. The molecule has 0 radical (unpaired) electrons. The van der Waals surface area contributed by atoms with E-state index in [9.17, 15) is 9.59 Å². The zero-order chi connectivity index (χ0) is 20.4. The van der Waals surface area contributed by atoms with E-state index < -0.39 is 0 Å². The number of likely N-dealkylation sites (N-methyl/N-ethyl adjacent to an activating group) is 1. The van der Waals surface area contributed by atoms with Crippen molar-refractivity contribution in [3.05, 3.63) is 58.6 Å². The van der Waals surface area contributed by atoms with Crippen LogP contribution in [-0.2, 0) is 11.3 Å². The van der Waals surface area contributed by atoms with Crippen LogP contribution >= 0.6 is 11.6 Å². The third-order valence-corrected chi connectivity index (χ3v) is 5.66. The molecule has 1 fully saturated rings. The van der Waals surface area contributed by atoms with E-state index in [2.05, 4.69) is 22.3 Å². The molecule has 0 bridgehead atoms. The predicted octanol–water partition coefficient (Wildman–Crippen LogP) is 3.09. The molecule has 0 saturated carbocycles. The number of likely N-dealkylation sites (tertiary alicyclic amines) is 1. The van der Waals surface area contributed by atoms with Gasteiger partial charge in [0.1, 0.15) is 0 Å². The van der Waals surface area contributed by atoms with Crippen LogP contribution < -0.4 is 15.0 Å². The highest BCUT2D eigenvalue weighted by Crippen LogP contribution is 2.37. The van der Waals surface area contributed by atoms with E-state index in [0.29, 0.717) is 22.0 Å². The lowest BCUT2D eigenvalue weighted by molar-refractivity contribution is -0.121. The van der Waals surface area contributed by atoms with Gasteiger partial charge in [0.15, 0.2) is 12.4 Å². The van der Waals surface area contributed by atoms with Crippen molar-refractivity contribution in [2.24, 2.45) is 0 Å². The smallest absolute Gasteiger partial charge is 0.264 e. The maximum atomic E-state index is 13.0. The van der Waals surface area contributed by atoms with Gasteiger partial charge in [-0.25, -0.2) is 0 Å². The number of nitrogens with zero attached hydrogens (tertiary/aromatic N) is 2. The van der Waals surface area contributed by atoms with E-state index in [1.54, 1.807) is 19.2 Å². The Bertz CT molecular complexity index is 919. The number of benzene rings is 2. The first-order valence-corrected chi connectivity index (χ1v) is 10.2. The van der Waals surface area contributed by atoms with Gasteiger partial charge in [-0.1, -0.05) is 41.9 Å². The highest BCUT2D eigenvalue weighted by atomic mass is 35.5. The van der Waals surface area contributed by atoms with Crippen LogP contribution in [0, 0.1) is 0 Å². The minimum absolute atomic E-state index is 0.0533. The minimum atomic E-state index is -0.224. The van der Waals surface area contributed by atoms with Crippen LogP contribution in [0.2, 0.25) is 5.02 Å². The van der Waals surface area contributed by atoms with E-state index in [1.807, 2.05) is 18.2 Å². The topological polar surface area (TPSA) is 61.9 Å². The standard InChI is InChI=1S/C22H24ClN3O3/c1-25-19-11-16(23)10-18(21(19)29-14-20(25)27)22(28)24-17-8-5-9-26(13-17)12-15-6-3-2-4-7-15/h2-4,6-7,10-11,17H,5,8-9,12-14H2,1H3,(H,24,28). The van der Waals surface area contributed by atoms with E-state index in [-0.39, 0.29) is 24.5 Å². The Balaban J connectivity index is 1.47. The Kier molecular flexibility index (Phi) is 5.74. The number of nitrogens with one attached hydrogen (secondary N) is 1. The van der Waals surface area contributed by atoms with Crippen molar-refractivity contribution in [3.63, 3.8) is 0 Å². The molecule has 2 heterocycles. The molecule has 0 spiro atoms. The highest BCUT2D eigenvalue weighted by molar-refractivity contribution is 6.31. The number of fused-ring (bicyclic) bond motifs is 1. The second-order valence-corrected chi connectivity index (χ2v) is 8.01. The molecule has 2 aromatic carbocycles. The molecular formula is C22H24ClN3O3. The molecule has 4 rings (SSSR count). The van der Waals surface area contributed by atoms with Crippen molar-refractivity contribution in [3.8, 4) is 5.75 Å². The largest absolute Gasteiger partial charge is 0.481 e. The predicted molar refractivity (Wildman–Crippen MR) is 113 cm³/mol. The fraction of sp³-hybridized carbons (Fsp3) is 0.364. The van der Waals surface area contributed by atoms with Gasteiger partial charge in [-0.2, -0.15) is 0 Å². The number of carbonyl (C=O) groups is 2. The number of rotatable bonds is 4. The molecule has 1 unspecified atom stereocenters. The Labute approximate surface area is 175 Å². The van der Waals surface area contributed by atoms with Gasteiger partial charge in [-0.05, 0) is 37.1 Å². The molecule has 6 nitrogen and oxygen atoms in total. The van der Waals surface area contributed by atoms with Gasteiger partial charge < -0.3 is 15.0 Å². The van der Waals surface area contributed by atoms with E-state index in [0.717, 1.165) is 32.5 Å². The maximum absolute atomic E-state index is 13.0. The van der Waals surface area contributed by atoms with Crippen LogP contribution in [0.5, 0.6) is 5.75 Å². The number of carbonyl (C=O) groups excluding carboxylic acids is 2. The van der Waals surface area contributed by atoms with Crippen molar-refractivity contribution in [1.29, 1.82) is 0 Å². The molecule has 2 aliphatic heterocycles. The van der Waals surface area contributed by atoms with Crippen LogP contribution in [0.1, 0.15) is 28.8 Å². The van der Waals surface area contributed by atoms with Crippen molar-refractivity contribution < 1.29 is 14.3 Å². The normalized spacial score (nSPS) is 19.4. The summed E-state index contributed by atoms with van der Waals surface area (Å²) in [5.74, 6) is 0.0129. The molecule has 1 N–H and O–H groups in total. The summed E-state index contributed by atoms with van der Waals surface area (Å²) >= 11 is 6.21. The zero-order valence-corrected chi connectivity index (χ0v) is 17.1. The van der Waals surface area contributed by atoms with Gasteiger partial charge in [-0.3, -0.25) is 14.5 Å². The summed E-state index contributed by atoms with van der Waals surface area (Å²) in [6.07, 6.45) is 1.96. The Hall–Kier alpha value is -2.57. The molecule has 1 saturated heterocycles. The number of piperidine rings is 1. The van der Waals surface area contributed by atoms with Crippen LogP contribution in [0.4, 0.5) is 5.69 Å². The number of ether oxygens (including phenoxy) is 1. The third kappa shape index (κ3) is 4.38. The lowest BCUT2D eigenvalue weighted by Gasteiger charge is -2.33. The summed E-state index contributed by atoms with van der Waals surface area (Å²) < 4.78 is 5.58. The number of hydrogen-bond donors (Lipinski definition) is 1.